The van der Waals surface area contributed by atoms with Gasteiger partial charge in [0.15, 0.2) is 0 Å². The van der Waals surface area contributed by atoms with Gasteiger partial charge >= 0.3 is 0 Å². The van der Waals surface area contributed by atoms with Gasteiger partial charge in [0, 0.05) is 18.1 Å². The highest BCUT2D eigenvalue weighted by atomic mass is 32.1. The van der Waals surface area contributed by atoms with Crippen LogP contribution in [-0.4, -0.2) is 12.5 Å². The van der Waals surface area contributed by atoms with E-state index in [1.165, 1.54) is 10.8 Å². The largest absolute Gasteiger partial charge is 0.333 e. The zero-order valence-corrected chi connectivity index (χ0v) is 8.71. The maximum Gasteiger partial charge on any atom is 0.141 e. The molecule has 0 spiro atoms. The van der Waals surface area contributed by atoms with E-state index in [1.807, 2.05) is 36.2 Å². The summed E-state index contributed by atoms with van der Waals surface area (Å²) in [4.78, 5) is 1.83. The van der Waals surface area contributed by atoms with E-state index in [0.29, 0.717) is 0 Å². The summed E-state index contributed by atoms with van der Waals surface area (Å²) >= 11 is 4.80. The first-order valence-corrected chi connectivity index (χ1v) is 4.83. The van der Waals surface area contributed by atoms with E-state index in [9.17, 15) is 0 Å². The molecular weight excluding hydrogens is 190 g/mol. The highest BCUT2D eigenvalue weighted by Gasteiger charge is 2.02. The smallest absolute Gasteiger partial charge is 0.141 e. The number of nitrogens with zero attached hydrogens (tertiary/aromatic N) is 1. The van der Waals surface area contributed by atoms with Crippen molar-refractivity contribution < 1.29 is 0 Å². The van der Waals surface area contributed by atoms with Gasteiger partial charge in [0.2, 0.25) is 0 Å². The van der Waals surface area contributed by atoms with E-state index in [0.717, 1.165) is 5.69 Å². The molecule has 2 aromatic carbocycles. The van der Waals surface area contributed by atoms with Crippen molar-refractivity contribution in [3.8, 4) is 0 Å². The maximum atomic E-state index is 4.80. The van der Waals surface area contributed by atoms with Crippen LogP contribution in [0.4, 0.5) is 5.69 Å². The summed E-state index contributed by atoms with van der Waals surface area (Å²) in [7, 11) is 1.91. The van der Waals surface area contributed by atoms with Crippen LogP contribution in [0.15, 0.2) is 42.5 Å². The Morgan fingerprint density at radius 2 is 1.79 bits per heavy atom. The second kappa shape index (κ2) is 3.76. The number of hydrogen-bond donors (Lipinski definition) is 0. The molecule has 0 unspecified atom stereocenters. The second-order valence-electron chi connectivity index (χ2n) is 3.15. The van der Waals surface area contributed by atoms with Gasteiger partial charge in [-0.3, -0.25) is 0 Å². The van der Waals surface area contributed by atoms with Crippen LogP contribution in [0.5, 0.6) is 0 Å². The summed E-state index contributed by atoms with van der Waals surface area (Å²) in [5, 5.41) is 2.43. The van der Waals surface area contributed by atoms with Crippen molar-refractivity contribution in [1.82, 2.24) is 0 Å². The quantitative estimate of drug-likeness (QED) is 0.541. The predicted molar refractivity (Wildman–Crippen MR) is 64.9 cm³/mol. The minimum atomic E-state index is 1.10. The molecule has 0 aromatic heterocycles. The molecule has 2 heteroatoms. The van der Waals surface area contributed by atoms with Crippen molar-refractivity contribution in [2.75, 3.05) is 11.9 Å². The Balaban J connectivity index is 2.70. The van der Waals surface area contributed by atoms with Gasteiger partial charge in [-0.2, -0.15) is 0 Å². The summed E-state index contributed by atoms with van der Waals surface area (Å²) in [6.07, 6.45) is 0. The molecule has 1 nitrogen and oxygen atoms in total. The van der Waals surface area contributed by atoms with Gasteiger partial charge in [0.1, 0.15) is 5.49 Å². The zero-order chi connectivity index (χ0) is 9.97. The molecule has 0 atom stereocenters. The molecule has 2 aromatic rings. The lowest BCUT2D eigenvalue weighted by Gasteiger charge is -2.14. The van der Waals surface area contributed by atoms with Crippen LogP contribution in [0.2, 0.25) is 0 Å². The van der Waals surface area contributed by atoms with E-state index >= 15 is 0 Å². The fourth-order valence-corrected chi connectivity index (χ4v) is 1.65. The topological polar surface area (TPSA) is 3.24 Å². The summed E-state index contributed by atoms with van der Waals surface area (Å²) < 4.78 is 0. The lowest BCUT2D eigenvalue weighted by molar-refractivity contribution is 1.34. The van der Waals surface area contributed by atoms with Crippen molar-refractivity contribution >= 4 is 34.2 Å². The van der Waals surface area contributed by atoms with Crippen molar-refractivity contribution in [1.29, 1.82) is 0 Å². The first-order chi connectivity index (χ1) is 6.83. The molecule has 0 heterocycles. The minimum absolute atomic E-state index is 1.10. The molecule has 0 saturated carbocycles. The molecule has 0 N–H and O–H groups in total. The third kappa shape index (κ3) is 1.49. The van der Waals surface area contributed by atoms with Crippen molar-refractivity contribution in [2.45, 2.75) is 0 Å². The normalized spacial score (nSPS) is 10.1. The van der Waals surface area contributed by atoms with Crippen molar-refractivity contribution in [3.63, 3.8) is 0 Å². The molecule has 0 fully saturated rings. The van der Waals surface area contributed by atoms with Gasteiger partial charge in [0.25, 0.3) is 0 Å². The first kappa shape index (κ1) is 9.16. The Labute approximate surface area is 89.0 Å². The molecular formula is C12H10NS. The summed E-state index contributed by atoms with van der Waals surface area (Å²) in [6.45, 7) is 0. The Bertz CT molecular complexity index is 459. The van der Waals surface area contributed by atoms with E-state index in [-0.39, 0.29) is 0 Å². The molecule has 14 heavy (non-hydrogen) atoms. The number of rotatable bonds is 2. The lowest BCUT2D eigenvalue weighted by Crippen LogP contribution is -2.12. The standard InChI is InChI=1S/C12H10NS/c1-13(9-14)12-8-4-6-10-5-2-3-7-11(10)12/h2-8H,1H3. The molecule has 0 bridgehead atoms. The third-order valence-corrected chi connectivity index (χ3v) is 2.54. The molecule has 0 aliphatic rings. The van der Waals surface area contributed by atoms with Crippen LogP contribution in [0.1, 0.15) is 0 Å². The summed E-state index contributed by atoms with van der Waals surface area (Å²) in [5.41, 5.74) is 3.79. The Kier molecular flexibility index (Phi) is 2.46. The molecule has 0 saturated heterocycles. The zero-order valence-electron chi connectivity index (χ0n) is 7.90. The van der Waals surface area contributed by atoms with E-state index in [2.05, 4.69) is 23.7 Å². The van der Waals surface area contributed by atoms with Crippen LogP contribution in [0, 0.1) is 0 Å². The second-order valence-corrected chi connectivity index (χ2v) is 3.33. The van der Waals surface area contributed by atoms with Gasteiger partial charge in [-0.1, -0.05) is 48.6 Å². The van der Waals surface area contributed by atoms with Gasteiger partial charge in [-0.15, -0.1) is 0 Å². The van der Waals surface area contributed by atoms with Gasteiger partial charge in [-0.05, 0) is 11.5 Å². The van der Waals surface area contributed by atoms with Crippen LogP contribution in [-0.2, 0) is 0 Å². The fourth-order valence-electron chi connectivity index (χ4n) is 1.55. The molecule has 2 rings (SSSR count). The van der Waals surface area contributed by atoms with Crippen LogP contribution in [0.25, 0.3) is 10.8 Å². The monoisotopic (exact) mass is 200 g/mol. The molecule has 0 amide bonds. The van der Waals surface area contributed by atoms with Crippen LogP contribution < -0.4 is 4.90 Å². The van der Waals surface area contributed by atoms with E-state index in [1.54, 1.807) is 0 Å². The number of anilines is 1. The van der Waals surface area contributed by atoms with E-state index in [4.69, 9.17) is 12.2 Å². The average Bonchev–Trinajstić information content (AvgIpc) is 2.27. The highest BCUT2D eigenvalue weighted by molar-refractivity contribution is 7.79. The van der Waals surface area contributed by atoms with Crippen molar-refractivity contribution in [3.05, 3.63) is 42.5 Å². The number of thiocarbonyl (C=S) groups is 1. The molecule has 69 valence electrons. The van der Waals surface area contributed by atoms with Crippen molar-refractivity contribution in [2.24, 2.45) is 0 Å². The lowest BCUT2D eigenvalue weighted by atomic mass is 10.1. The highest BCUT2D eigenvalue weighted by Crippen LogP contribution is 2.24. The van der Waals surface area contributed by atoms with E-state index < -0.39 is 0 Å². The Hall–Kier alpha value is -1.41. The van der Waals surface area contributed by atoms with Gasteiger partial charge in [0.05, 0.1) is 0 Å². The number of hydrogen-bond acceptors (Lipinski definition) is 1. The average molecular weight is 200 g/mol. The minimum Gasteiger partial charge on any atom is -0.333 e. The van der Waals surface area contributed by atoms with Gasteiger partial charge < -0.3 is 4.90 Å². The first-order valence-electron chi connectivity index (χ1n) is 4.42. The Morgan fingerprint density at radius 1 is 1.07 bits per heavy atom. The maximum absolute atomic E-state index is 4.80. The molecule has 1 radical (unpaired) electrons. The summed E-state index contributed by atoms with van der Waals surface area (Å²) in [6, 6.07) is 14.4. The Morgan fingerprint density at radius 3 is 2.57 bits per heavy atom. The van der Waals surface area contributed by atoms with Crippen LogP contribution >= 0.6 is 12.2 Å². The van der Waals surface area contributed by atoms with Crippen LogP contribution in [0.3, 0.4) is 0 Å². The third-order valence-electron chi connectivity index (χ3n) is 2.26. The fraction of sp³-hybridized carbons (Fsp3) is 0.0833. The van der Waals surface area contributed by atoms with Gasteiger partial charge in [-0.25, -0.2) is 0 Å². The SMILES string of the molecule is CN([C]=S)c1cccc2ccccc12. The molecule has 0 aliphatic carbocycles. The summed E-state index contributed by atoms with van der Waals surface area (Å²) in [5.74, 6) is 0. The molecule has 0 aliphatic heterocycles. The number of fused-ring (bicyclic) bond motifs is 1. The predicted octanol–water partition coefficient (Wildman–Crippen LogP) is 3.11. The number of benzene rings is 2.